The summed E-state index contributed by atoms with van der Waals surface area (Å²) in [6, 6.07) is 11.7. The monoisotopic (exact) mass is 519 g/mol. The van der Waals surface area contributed by atoms with Crippen LogP contribution in [0.5, 0.6) is 5.75 Å². The van der Waals surface area contributed by atoms with Gasteiger partial charge in [-0.05, 0) is 49.2 Å². The topological polar surface area (TPSA) is 138 Å². The molecule has 1 saturated heterocycles. The number of ether oxygens (including phenoxy) is 3. The summed E-state index contributed by atoms with van der Waals surface area (Å²) in [4.78, 5) is 32.7. The van der Waals surface area contributed by atoms with Crippen LogP contribution in [-0.4, -0.2) is 53.3 Å². The van der Waals surface area contributed by atoms with Gasteiger partial charge in [-0.1, -0.05) is 0 Å². The molecule has 6 rings (SSSR count). The van der Waals surface area contributed by atoms with Gasteiger partial charge >= 0.3 is 0 Å². The summed E-state index contributed by atoms with van der Waals surface area (Å²) in [5, 5.41) is 17.9. The second kappa shape index (κ2) is 12.0. The maximum absolute atomic E-state index is 12.6. The Morgan fingerprint density at radius 2 is 1.89 bits per heavy atom. The second-order valence-corrected chi connectivity index (χ2v) is 9.15. The number of nitro groups is 1. The number of nitrogens with one attached hydrogen (secondary N) is 2. The Balaban J connectivity index is 1.47. The number of benzene rings is 2. The summed E-state index contributed by atoms with van der Waals surface area (Å²) in [6.07, 6.45) is 4.73. The minimum absolute atomic E-state index is 0.0847. The molecule has 11 nitrogen and oxygen atoms in total. The summed E-state index contributed by atoms with van der Waals surface area (Å²) >= 11 is 0. The highest BCUT2D eigenvalue weighted by atomic mass is 16.6. The van der Waals surface area contributed by atoms with Gasteiger partial charge in [0.25, 0.3) is 11.6 Å². The first-order valence-electron chi connectivity index (χ1n) is 12.7. The van der Waals surface area contributed by atoms with Gasteiger partial charge in [0.2, 0.25) is 5.95 Å². The van der Waals surface area contributed by atoms with Gasteiger partial charge in [0.1, 0.15) is 11.9 Å². The quantitative estimate of drug-likeness (QED) is 0.381. The molecule has 2 N–H and O–H groups in total. The largest absolute Gasteiger partial charge is 0.490 e. The van der Waals surface area contributed by atoms with Crippen molar-refractivity contribution in [3.63, 3.8) is 0 Å². The molecule has 1 fully saturated rings. The predicted octanol–water partition coefficient (Wildman–Crippen LogP) is 4.39. The Bertz CT molecular complexity index is 1310. The van der Waals surface area contributed by atoms with E-state index >= 15 is 0 Å². The van der Waals surface area contributed by atoms with Crippen molar-refractivity contribution in [3.05, 3.63) is 69.9 Å². The zero-order valence-electron chi connectivity index (χ0n) is 20.9. The minimum Gasteiger partial charge on any atom is -0.490 e. The maximum Gasteiger partial charge on any atom is 0.279 e. The van der Waals surface area contributed by atoms with E-state index in [0.29, 0.717) is 50.7 Å². The molecule has 3 aliphatic heterocycles. The summed E-state index contributed by atoms with van der Waals surface area (Å²) in [6.45, 7) is 2.67. The van der Waals surface area contributed by atoms with Gasteiger partial charge in [0, 0.05) is 55.1 Å². The lowest BCUT2D eigenvalue weighted by Gasteiger charge is -2.25. The second-order valence-electron chi connectivity index (χ2n) is 9.15. The highest BCUT2D eigenvalue weighted by molar-refractivity contribution is 5.96. The number of anilines is 2. The van der Waals surface area contributed by atoms with Crippen LogP contribution in [0.3, 0.4) is 0 Å². The van der Waals surface area contributed by atoms with Crippen molar-refractivity contribution in [3.8, 4) is 17.0 Å². The number of nitro benzene ring substituents is 1. The Hall–Kier alpha value is -4.09. The van der Waals surface area contributed by atoms with Crippen LogP contribution in [0.4, 0.5) is 17.3 Å². The van der Waals surface area contributed by atoms with Gasteiger partial charge in [-0.3, -0.25) is 14.9 Å². The molecule has 0 saturated carbocycles. The summed E-state index contributed by atoms with van der Waals surface area (Å²) < 4.78 is 17.7. The van der Waals surface area contributed by atoms with Crippen molar-refractivity contribution in [2.45, 2.75) is 38.4 Å². The number of aromatic nitrogens is 2. The lowest BCUT2D eigenvalue weighted by atomic mass is 10.1. The maximum atomic E-state index is 12.6. The molecule has 0 aliphatic carbocycles. The van der Waals surface area contributed by atoms with E-state index in [0.717, 1.165) is 36.3 Å². The fourth-order valence-corrected chi connectivity index (χ4v) is 4.41. The molecule has 1 aromatic heterocycles. The molecule has 1 amide bonds. The number of hydrogen-bond acceptors (Lipinski definition) is 9. The van der Waals surface area contributed by atoms with E-state index in [1.165, 1.54) is 12.3 Å². The normalized spacial score (nSPS) is 16.9. The third-order valence-corrected chi connectivity index (χ3v) is 6.43. The van der Waals surface area contributed by atoms with E-state index in [9.17, 15) is 14.9 Å². The van der Waals surface area contributed by atoms with Crippen LogP contribution in [0.15, 0.2) is 48.7 Å². The number of amides is 1. The van der Waals surface area contributed by atoms with Crippen LogP contribution in [-0.2, 0) is 16.1 Å². The summed E-state index contributed by atoms with van der Waals surface area (Å²) in [5.74, 6) is 0.668. The number of carbonyl (C=O) groups is 1. The molecule has 0 unspecified atom stereocenters. The van der Waals surface area contributed by atoms with E-state index < -0.39 is 4.92 Å². The van der Waals surface area contributed by atoms with Gasteiger partial charge in [-0.25, -0.2) is 9.97 Å². The molecule has 0 spiro atoms. The number of carbonyl (C=O) groups excluding carboxylic acids is 1. The Morgan fingerprint density at radius 1 is 1.03 bits per heavy atom. The molecule has 0 radical (unpaired) electrons. The van der Waals surface area contributed by atoms with Crippen molar-refractivity contribution in [1.29, 1.82) is 0 Å². The predicted molar refractivity (Wildman–Crippen MR) is 140 cm³/mol. The van der Waals surface area contributed by atoms with Crippen LogP contribution >= 0.6 is 0 Å². The van der Waals surface area contributed by atoms with E-state index in [-0.39, 0.29) is 29.2 Å². The van der Waals surface area contributed by atoms with Crippen molar-refractivity contribution in [2.24, 2.45) is 0 Å². The molecular formula is C27H29N5O6. The minimum atomic E-state index is -0.509. The average molecular weight is 520 g/mol. The van der Waals surface area contributed by atoms with Crippen molar-refractivity contribution in [1.82, 2.24) is 15.3 Å². The van der Waals surface area contributed by atoms with Crippen molar-refractivity contribution >= 4 is 23.2 Å². The van der Waals surface area contributed by atoms with Crippen LogP contribution < -0.4 is 15.4 Å². The summed E-state index contributed by atoms with van der Waals surface area (Å²) in [5.41, 5.74) is 2.29. The first kappa shape index (κ1) is 25.6. The van der Waals surface area contributed by atoms with Gasteiger partial charge in [-0.2, -0.15) is 0 Å². The summed E-state index contributed by atoms with van der Waals surface area (Å²) in [7, 11) is 0. The lowest BCUT2D eigenvalue weighted by Crippen LogP contribution is -2.26. The van der Waals surface area contributed by atoms with Gasteiger partial charge in [0.05, 0.1) is 36.0 Å². The molecule has 3 aliphatic rings. The molecule has 6 bridgehead atoms. The van der Waals surface area contributed by atoms with E-state index in [2.05, 4.69) is 20.6 Å². The third-order valence-electron chi connectivity index (χ3n) is 6.43. The van der Waals surface area contributed by atoms with Crippen LogP contribution in [0, 0.1) is 10.1 Å². The van der Waals surface area contributed by atoms with Crippen LogP contribution in [0.2, 0.25) is 0 Å². The van der Waals surface area contributed by atoms with Crippen LogP contribution in [0.1, 0.15) is 41.6 Å². The highest BCUT2D eigenvalue weighted by Gasteiger charge is 2.21. The van der Waals surface area contributed by atoms with Gasteiger partial charge in [0.15, 0.2) is 0 Å². The Morgan fingerprint density at radius 3 is 2.74 bits per heavy atom. The molecule has 38 heavy (non-hydrogen) atoms. The number of rotatable bonds is 3. The van der Waals surface area contributed by atoms with Gasteiger partial charge in [-0.15, -0.1) is 0 Å². The zero-order valence-corrected chi connectivity index (χ0v) is 20.9. The van der Waals surface area contributed by atoms with E-state index in [4.69, 9.17) is 14.2 Å². The third kappa shape index (κ3) is 6.24. The molecule has 3 aromatic rings. The molecular weight excluding hydrogens is 490 g/mol. The van der Waals surface area contributed by atoms with Crippen molar-refractivity contribution in [2.75, 3.05) is 31.7 Å². The fraction of sp³-hybridized carbons (Fsp3) is 0.370. The number of hydrogen-bond donors (Lipinski definition) is 2. The van der Waals surface area contributed by atoms with Crippen LogP contribution in [0.25, 0.3) is 11.3 Å². The van der Waals surface area contributed by atoms with E-state index in [1.807, 2.05) is 18.2 Å². The number of fused-ring (bicyclic) bond motifs is 9. The molecule has 11 heteroatoms. The first-order valence-corrected chi connectivity index (χ1v) is 12.7. The molecule has 0 atom stereocenters. The first-order chi connectivity index (χ1) is 18.6. The van der Waals surface area contributed by atoms with Gasteiger partial charge < -0.3 is 24.8 Å². The standard InChI is InChI=1S/C27H29N5O6/c33-26-18-3-5-22(24(16-18)32(34)35)23-7-11-29-27(31-23)30-20-4-6-25(38-21-8-13-36-14-9-21)19(15-20)17-37-12-2-1-10-28-26/h3-7,11,15-16,21H,1-2,8-10,12-14,17H2,(H,28,33)(H,29,30,31). The van der Waals surface area contributed by atoms with E-state index in [1.54, 1.807) is 18.2 Å². The Kier molecular flexibility index (Phi) is 8.05. The SMILES string of the molecule is O=C1NCCCCOCc2cc(ccc2OC2CCOCC2)Nc2nccc(n2)-c2ccc1cc2[N+](=O)[O-]. The molecule has 198 valence electrons. The highest BCUT2D eigenvalue weighted by Crippen LogP contribution is 2.31. The average Bonchev–Trinajstić information content (AvgIpc) is 2.93. The van der Waals surface area contributed by atoms with Crippen molar-refractivity contribution < 1.29 is 23.9 Å². The fourth-order valence-electron chi connectivity index (χ4n) is 4.41. The zero-order chi connectivity index (χ0) is 26.3. The molecule has 2 aromatic carbocycles. The lowest BCUT2D eigenvalue weighted by molar-refractivity contribution is -0.384. The smallest absolute Gasteiger partial charge is 0.279 e. The Labute approximate surface area is 219 Å². The number of nitrogens with zero attached hydrogens (tertiary/aromatic N) is 3. The molecule has 4 heterocycles.